The molecule has 0 saturated carbocycles. The molecular weight excluding hydrogens is 236 g/mol. The van der Waals surface area contributed by atoms with Crippen molar-refractivity contribution in [1.29, 1.82) is 0 Å². The van der Waals surface area contributed by atoms with E-state index in [1.165, 1.54) is 7.11 Å². The van der Waals surface area contributed by atoms with Gasteiger partial charge in [-0.3, -0.25) is 4.79 Å². The van der Waals surface area contributed by atoms with Crippen LogP contribution in [0, 0.1) is 0 Å². The number of carbonyl (C=O) groups is 2. The van der Waals surface area contributed by atoms with Gasteiger partial charge in [0.05, 0.1) is 13.7 Å². The van der Waals surface area contributed by atoms with E-state index in [1.54, 1.807) is 4.90 Å². The lowest BCUT2D eigenvalue weighted by molar-refractivity contribution is -0.139. The lowest BCUT2D eigenvalue weighted by Crippen LogP contribution is -2.39. The van der Waals surface area contributed by atoms with Crippen LogP contribution in [0.1, 0.15) is 27.2 Å². The second-order valence-corrected chi connectivity index (χ2v) is 5.37. The van der Waals surface area contributed by atoms with E-state index in [-0.39, 0.29) is 24.6 Å². The first-order chi connectivity index (χ1) is 8.31. The third-order valence-corrected chi connectivity index (χ3v) is 2.60. The summed E-state index contributed by atoms with van der Waals surface area (Å²) in [6, 6.07) is 0.122. The standard InChI is InChI=1S/C12H22N2O4/c1-12(2,3)18-11(16)14-6-5-9(8-14)13-7-10(15)17-4/h9,13H,5-8H2,1-4H3/t9-/m1/s1. The Morgan fingerprint density at radius 1 is 1.39 bits per heavy atom. The molecule has 1 aliphatic rings. The van der Waals surface area contributed by atoms with Gasteiger partial charge in [-0.2, -0.15) is 0 Å². The maximum Gasteiger partial charge on any atom is 0.410 e. The first-order valence-corrected chi connectivity index (χ1v) is 6.10. The molecule has 1 amide bonds. The van der Waals surface area contributed by atoms with Gasteiger partial charge in [-0.1, -0.05) is 0 Å². The average molecular weight is 258 g/mol. The van der Waals surface area contributed by atoms with E-state index in [0.717, 1.165) is 6.42 Å². The van der Waals surface area contributed by atoms with Crippen molar-refractivity contribution in [3.05, 3.63) is 0 Å². The number of amides is 1. The molecule has 1 aliphatic heterocycles. The zero-order chi connectivity index (χ0) is 13.8. The Morgan fingerprint density at radius 3 is 2.61 bits per heavy atom. The first kappa shape index (κ1) is 14.8. The Bertz CT molecular complexity index is 312. The SMILES string of the molecule is COC(=O)CN[C@@H]1CCN(C(=O)OC(C)(C)C)C1. The van der Waals surface area contributed by atoms with Gasteiger partial charge in [-0.05, 0) is 27.2 Å². The minimum Gasteiger partial charge on any atom is -0.468 e. The summed E-state index contributed by atoms with van der Waals surface area (Å²) in [5, 5.41) is 3.06. The highest BCUT2D eigenvalue weighted by Crippen LogP contribution is 2.15. The van der Waals surface area contributed by atoms with Crippen LogP contribution in [0.2, 0.25) is 0 Å². The van der Waals surface area contributed by atoms with Crippen molar-refractivity contribution in [1.82, 2.24) is 10.2 Å². The van der Waals surface area contributed by atoms with E-state index in [1.807, 2.05) is 20.8 Å². The molecule has 6 nitrogen and oxygen atoms in total. The van der Waals surface area contributed by atoms with Gasteiger partial charge in [0.2, 0.25) is 0 Å². The molecule has 0 unspecified atom stereocenters. The predicted molar refractivity (Wildman–Crippen MR) is 66.2 cm³/mol. The van der Waals surface area contributed by atoms with Crippen LogP contribution in [0.25, 0.3) is 0 Å². The quantitative estimate of drug-likeness (QED) is 0.757. The second kappa shape index (κ2) is 6.04. The summed E-state index contributed by atoms with van der Waals surface area (Å²) in [4.78, 5) is 24.4. The number of carbonyl (C=O) groups excluding carboxylic acids is 2. The van der Waals surface area contributed by atoms with Crippen molar-refractivity contribution in [2.45, 2.75) is 38.8 Å². The molecule has 18 heavy (non-hydrogen) atoms. The number of nitrogens with one attached hydrogen (secondary N) is 1. The molecular formula is C12H22N2O4. The van der Waals surface area contributed by atoms with E-state index < -0.39 is 5.60 Å². The molecule has 0 aromatic carbocycles. The van der Waals surface area contributed by atoms with Gasteiger partial charge in [-0.25, -0.2) is 4.79 Å². The van der Waals surface area contributed by atoms with E-state index in [2.05, 4.69) is 10.1 Å². The molecule has 0 aromatic rings. The van der Waals surface area contributed by atoms with Crippen LogP contribution in [-0.4, -0.2) is 55.3 Å². The fourth-order valence-electron chi connectivity index (χ4n) is 1.72. The Hall–Kier alpha value is -1.30. The van der Waals surface area contributed by atoms with Crippen molar-refractivity contribution < 1.29 is 19.1 Å². The van der Waals surface area contributed by atoms with Crippen molar-refractivity contribution >= 4 is 12.1 Å². The van der Waals surface area contributed by atoms with E-state index in [9.17, 15) is 9.59 Å². The Kier molecular flexibility index (Phi) is 4.95. The Balaban J connectivity index is 2.32. The fraction of sp³-hybridized carbons (Fsp3) is 0.833. The van der Waals surface area contributed by atoms with E-state index in [4.69, 9.17) is 4.74 Å². The monoisotopic (exact) mass is 258 g/mol. The predicted octanol–water partition coefficient (Wildman–Crippen LogP) is 0.758. The number of rotatable bonds is 3. The molecule has 1 fully saturated rings. The number of nitrogens with zero attached hydrogens (tertiary/aromatic N) is 1. The van der Waals surface area contributed by atoms with Crippen LogP contribution in [0.15, 0.2) is 0 Å². The fourth-order valence-corrected chi connectivity index (χ4v) is 1.72. The number of esters is 1. The molecule has 0 bridgehead atoms. The number of methoxy groups -OCH3 is 1. The van der Waals surface area contributed by atoms with Crippen molar-refractivity contribution in [2.75, 3.05) is 26.7 Å². The van der Waals surface area contributed by atoms with Gasteiger partial charge in [0.15, 0.2) is 0 Å². The minimum atomic E-state index is -0.478. The minimum absolute atomic E-state index is 0.122. The summed E-state index contributed by atoms with van der Waals surface area (Å²) >= 11 is 0. The Morgan fingerprint density at radius 2 is 2.06 bits per heavy atom. The normalized spacial score (nSPS) is 19.8. The van der Waals surface area contributed by atoms with Crippen molar-refractivity contribution in [3.63, 3.8) is 0 Å². The number of likely N-dealkylation sites (tertiary alicyclic amines) is 1. The van der Waals surface area contributed by atoms with Gasteiger partial charge in [0, 0.05) is 19.1 Å². The van der Waals surface area contributed by atoms with Crippen LogP contribution in [0.3, 0.4) is 0 Å². The molecule has 0 radical (unpaired) electrons. The van der Waals surface area contributed by atoms with Crippen LogP contribution < -0.4 is 5.32 Å². The van der Waals surface area contributed by atoms with Gasteiger partial charge in [-0.15, -0.1) is 0 Å². The van der Waals surface area contributed by atoms with Crippen molar-refractivity contribution in [2.24, 2.45) is 0 Å². The van der Waals surface area contributed by atoms with Gasteiger partial charge in [0.25, 0.3) is 0 Å². The van der Waals surface area contributed by atoms with Crippen LogP contribution in [0.4, 0.5) is 4.79 Å². The molecule has 1 saturated heterocycles. The number of hydrogen-bond donors (Lipinski definition) is 1. The molecule has 0 aliphatic carbocycles. The van der Waals surface area contributed by atoms with Gasteiger partial charge in [0.1, 0.15) is 5.60 Å². The number of ether oxygens (including phenoxy) is 2. The summed E-state index contributed by atoms with van der Waals surface area (Å²) < 4.78 is 9.83. The van der Waals surface area contributed by atoms with Crippen LogP contribution >= 0.6 is 0 Å². The molecule has 1 atom stereocenters. The molecule has 1 heterocycles. The lowest BCUT2D eigenvalue weighted by Gasteiger charge is -2.24. The topological polar surface area (TPSA) is 67.9 Å². The highest BCUT2D eigenvalue weighted by atomic mass is 16.6. The van der Waals surface area contributed by atoms with Gasteiger partial charge >= 0.3 is 12.1 Å². The Labute approximate surface area is 108 Å². The molecule has 0 spiro atoms. The highest BCUT2D eigenvalue weighted by Gasteiger charge is 2.29. The highest BCUT2D eigenvalue weighted by molar-refractivity contribution is 5.71. The maximum atomic E-state index is 11.8. The molecule has 1 N–H and O–H groups in total. The van der Waals surface area contributed by atoms with Gasteiger partial charge < -0.3 is 19.7 Å². The smallest absolute Gasteiger partial charge is 0.410 e. The second-order valence-electron chi connectivity index (χ2n) is 5.37. The van der Waals surface area contributed by atoms with E-state index >= 15 is 0 Å². The molecule has 1 rings (SSSR count). The summed E-state index contributed by atoms with van der Waals surface area (Å²) in [7, 11) is 1.35. The number of hydrogen-bond acceptors (Lipinski definition) is 5. The largest absolute Gasteiger partial charge is 0.468 e. The summed E-state index contributed by atoms with van der Waals surface area (Å²) in [6.45, 7) is 6.90. The first-order valence-electron chi connectivity index (χ1n) is 6.10. The molecule has 0 aromatic heterocycles. The summed E-state index contributed by atoms with van der Waals surface area (Å²) in [5.74, 6) is -0.300. The van der Waals surface area contributed by atoms with Crippen molar-refractivity contribution in [3.8, 4) is 0 Å². The maximum absolute atomic E-state index is 11.8. The summed E-state index contributed by atoms with van der Waals surface area (Å²) in [6.07, 6.45) is 0.515. The zero-order valence-electron chi connectivity index (χ0n) is 11.5. The third-order valence-electron chi connectivity index (χ3n) is 2.60. The zero-order valence-corrected chi connectivity index (χ0v) is 11.5. The summed E-state index contributed by atoms with van der Waals surface area (Å²) in [5.41, 5.74) is -0.478. The molecule has 104 valence electrons. The lowest BCUT2D eigenvalue weighted by atomic mass is 10.2. The average Bonchev–Trinajstić information content (AvgIpc) is 2.72. The molecule has 6 heteroatoms. The van der Waals surface area contributed by atoms with Crippen LogP contribution in [-0.2, 0) is 14.3 Å². The third kappa shape index (κ3) is 4.91. The van der Waals surface area contributed by atoms with E-state index in [0.29, 0.717) is 13.1 Å². The van der Waals surface area contributed by atoms with Crippen LogP contribution in [0.5, 0.6) is 0 Å².